The Balaban J connectivity index is 2.15. The number of amides is 1. The van der Waals surface area contributed by atoms with E-state index in [0.717, 1.165) is 11.1 Å². The van der Waals surface area contributed by atoms with Crippen molar-refractivity contribution < 1.29 is 14.4 Å². The Hall–Kier alpha value is -2.89. The van der Waals surface area contributed by atoms with Crippen LogP contribution in [-0.2, 0) is 11.2 Å². The molecule has 0 bridgehead atoms. The van der Waals surface area contributed by atoms with Gasteiger partial charge in [0.25, 0.3) is 0 Å². The summed E-state index contributed by atoms with van der Waals surface area (Å²) in [6.45, 7) is 1.96. The van der Waals surface area contributed by atoms with Gasteiger partial charge in [0, 0.05) is 5.69 Å². The second-order valence-corrected chi connectivity index (χ2v) is 5.26. The molecule has 4 N–H and O–H groups in total. The van der Waals surface area contributed by atoms with Gasteiger partial charge in [-0.2, -0.15) is 0 Å². The van der Waals surface area contributed by atoms with Crippen molar-refractivity contribution in [2.45, 2.75) is 13.3 Å². The number of benzene rings is 2. The van der Waals surface area contributed by atoms with Crippen molar-refractivity contribution in [3.8, 4) is 0 Å². The van der Waals surface area contributed by atoms with E-state index >= 15 is 0 Å². The van der Waals surface area contributed by atoms with Crippen LogP contribution in [-0.4, -0.2) is 17.0 Å². The summed E-state index contributed by atoms with van der Waals surface area (Å²) in [4.78, 5) is 12.4. The molecule has 0 aliphatic heterocycles. The van der Waals surface area contributed by atoms with Crippen LogP contribution in [0.2, 0.25) is 0 Å². The Morgan fingerprint density at radius 1 is 1.22 bits per heavy atom. The number of anilines is 1. The highest BCUT2D eigenvalue weighted by atomic mass is 19.1. The second-order valence-electron chi connectivity index (χ2n) is 5.26. The Morgan fingerprint density at radius 2 is 1.83 bits per heavy atom. The van der Waals surface area contributed by atoms with Crippen LogP contribution in [0, 0.1) is 18.7 Å². The lowest BCUT2D eigenvalue weighted by atomic mass is 9.96. The molecule has 0 saturated heterocycles. The molecular weight excluding hydrogens is 297 g/mol. The van der Waals surface area contributed by atoms with E-state index in [2.05, 4.69) is 10.5 Å². The molecule has 0 heterocycles. The fourth-order valence-corrected chi connectivity index (χ4v) is 2.12. The minimum atomic E-state index is -0.826. The standard InChI is InChI=1S/C17H18FN3O2/c1-11-2-4-12(5-3-11)10-15(16(19)21-23)17(22)20-14-8-6-13(18)7-9-14/h2-9,15,23H,10H2,1H3,(H2,19,21)(H,20,22)/t15-/m1/s1. The van der Waals surface area contributed by atoms with Gasteiger partial charge in [0.1, 0.15) is 11.7 Å². The number of oxime groups is 1. The summed E-state index contributed by atoms with van der Waals surface area (Å²) in [5.41, 5.74) is 8.09. The molecule has 0 saturated carbocycles. The number of hydrogen-bond donors (Lipinski definition) is 3. The van der Waals surface area contributed by atoms with E-state index in [1.54, 1.807) is 0 Å². The molecular formula is C17H18FN3O2. The third-order valence-corrected chi connectivity index (χ3v) is 3.46. The molecule has 2 aromatic rings. The molecule has 2 rings (SSSR count). The second kappa shape index (κ2) is 7.40. The predicted molar refractivity (Wildman–Crippen MR) is 86.8 cm³/mol. The lowest BCUT2D eigenvalue weighted by molar-refractivity contribution is -0.118. The average molecular weight is 315 g/mol. The maximum absolute atomic E-state index is 12.9. The quantitative estimate of drug-likeness (QED) is 0.343. The van der Waals surface area contributed by atoms with Crippen LogP contribution in [0.1, 0.15) is 11.1 Å². The van der Waals surface area contributed by atoms with Crippen LogP contribution in [0.15, 0.2) is 53.7 Å². The van der Waals surface area contributed by atoms with Gasteiger partial charge in [-0.1, -0.05) is 35.0 Å². The smallest absolute Gasteiger partial charge is 0.235 e. The molecule has 2 aromatic carbocycles. The van der Waals surface area contributed by atoms with Crippen LogP contribution < -0.4 is 11.1 Å². The zero-order valence-electron chi connectivity index (χ0n) is 12.7. The molecule has 0 aliphatic rings. The number of halogens is 1. The maximum Gasteiger partial charge on any atom is 0.235 e. The van der Waals surface area contributed by atoms with Crippen LogP contribution >= 0.6 is 0 Å². The summed E-state index contributed by atoms with van der Waals surface area (Å²) in [7, 11) is 0. The minimum absolute atomic E-state index is 0.176. The molecule has 0 unspecified atom stereocenters. The van der Waals surface area contributed by atoms with E-state index in [-0.39, 0.29) is 5.84 Å². The highest BCUT2D eigenvalue weighted by Gasteiger charge is 2.24. The van der Waals surface area contributed by atoms with E-state index < -0.39 is 17.6 Å². The fourth-order valence-electron chi connectivity index (χ4n) is 2.12. The maximum atomic E-state index is 12.9. The van der Waals surface area contributed by atoms with Crippen LogP contribution in [0.3, 0.4) is 0 Å². The monoisotopic (exact) mass is 315 g/mol. The normalized spacial score (nSPS) is 12.7. The van der Waals surface area contributed by atoms with Gasteiger partial charge in [-0.3, -0.25) is 4.79 Å². The number of carbonyl (C=O) groups excluding carboxylic acids is 1. The topological polar surface area (TPSA) is 87.7 Å². The number of hydrogen-bond acceptors (Lipinski definition) is 3. The molecule has 0 radical (unpaired) electrons. The van der Waals surface area contributed by atoms with Gasteiger partial charge in [-0.25, -0.2) is 4.39 Å². The Labute approximate surface area is 133 Å². The summed E-state index contributed by atoms with van der Waals surface area (Å²) in [6.07, 6.45) is 0.295. The lowest BCUT2D eigenvalue weighted by Gasteiger charge is -2.16. The van der Waals surface area contributed by atoms with Crippen molar-refractivity contribution >= 4 is 17.4 Å². The Bertz CT molecular complexity index is 697. The van der Waals surface area contributed by atoms with E-state index in [0.29, 0.717) is 12.1 Å². The van der Waals surface area contributed by atoms with Gasteiger partial charge in [0.15, 0.2) is 5.84 Å². The van der Waals surface area contributed by atoms with Gasteiger partial charge in [-0.15, -0.1) is 0 Å². The molecule has 1 amide bonds. The third kappa shape index (κ3) is 4.54. The van der Waals surface area contributed by atoms with E-state index in [9.17, 15) is 9.18 Å². The predicted octanol–water partition coefficient (Wildman–Crippen LogP) is 2.68. The number of amidine groups is 1. The minimum Gasteiger partial charge on any atom is -0.409 e. The van der Waals surface area contributed by atoms with E-state index in [4.69, 9.17) is 10.9 Å². The third-order valence-electron chi connectivity index (χ3n) is 3.46. The average Bonchev–Trinajstić information content (AvgIpc) is 2.55. The number of nitrogens with zero attached hydrogens (tertiary/aromatic N) is 1. The van der Waals surface area contributed by atoms with Gasteiger partial charge < -0.3 is 16.3 Å². The number of nitrogens with one attached hydrogen (secondary N) is 1. The fraction of sp³-hybridized carbons (Fsp3) is 0.176. The first-order chi connectivity index (χ1) is 11.0. The molecule has 0 aliphatic carbocycles. The van der Waals surface area contributed by atoms with Crippen molar-refractivity contribution in [2.24, 2.45) is 16.8 Å². The highest BCUT2D eigenvalue weighted by Crippen LogP contribution is 2.15. The first-order valence-corrected chi connectivity index (χ1v) is 7.09. The van der Waals surface area contributed by atoms with Gasteiger partial charge >= 0.3 is 0 Å². The van der Waals surface area contributed by atoms with Crippen LogP contribution in [0.5, 0.6) is 0 Å². The Morgan fingerprint density at radius 3 is 2.39 bits per heavy atom. The SMILES string of the molecule is Cc1ccc(C[C@@H](C(=O)Nc2ccc(F)cc2)/C(N)=N\O)cc1. The van der Waals surface area contributed by atoms with Crippen molar-refractivity contribution in [1.82, 2.24) is 0 Å². The molecule has 120 valence electrons. The van der Waals surface area contributed by atoms with Gasteiger partial charge in [0.05, 0.1) is 0 Å². The lowest BCUT2D eigenvalue weighted by Crippen LogP contribution is -2.36. The van der Waals surface area contributed by atoms with Gasteiger partial charge in [0.2, 0.25) is 5.91 Å². The van der Waals surface area contributed by atoms with Crippen molar-refractivity contribution in [3.05, 3.63) is 65.5 Å². The van der Waals surface area contributed by atoms with E-state index in [1.165, 1.54) is 24.3 Å². The molecule has 0 fully saturated rings. The van der Waals surface area contributed by atoms with Crippen molar-refractivity contribution in [1.29, 1.82) is 0 Å². The van der Waals surface area contributed by atoms with Crippen LogP contribution in [0.4, 0.5) is 10.1 Å². The summed E-state index contributed by atoms with van der Waals surface area (Å²) in [6, 6.07) is 13.0. The number of nitrogens with two attached hydrogens (primary N) is 1. The summed E-state index contributed by atoms with van der Waals surface area (Å²) >= 11 is 0. The number of rotatable bonds is 5. The molecule has 6 heteroatoms. The van der Waals surface area contributed by atoms with E-state index in [1.807, 2.05) is 31.2 Å². The Kier molecular flexibility index (Phi) is 5.30. The molecule has 0 aromatic heterocycles. The zero-order valence-corrected chi connectivity index (χ0v) is 12.7. The highest BCUT2D eigenvalue weighted by molar-refractivity contribution is 6.07. The molecule has 23 heavy (non-hydrogen) atoms. The first kappa shape index (κ1) is 16.5. The number of aryl methyl sites for hydroxylation is 1. The molecule has 0 spiro atoms. The first-order valence-electron chi connectivity index (χ1n) is 7.09. The number of carbonyl (C=O) groups is 1. The van der Waals surface area contributed by atoms with Crippen molar-refractivity contribution in [2.75, 3.05) is 5.32 Å². The van der Waals surface area contributed by atoms with Crippen LogP contribution in [0.25, 0.3) is 0 Å². The summed E-state index contributed by atoms with van der Waals surface area (Å²) < 4.78 is 12.9. The molecule has 1 atom stereocenters. The molecule has 5 nitrogen and oxygen atoms in total. The zero-order chi connectivity index (χ0) is 16.8. The van der Waals surface area contributed by atoms with Gasteiger partial charge in [-0.05, 0) is 43.2 Å². The summed E-state index contributed by atoms with van der Waals surface area (Å²) in [5, 5.41) is 14.5. The summed E-state index contributed by atoms with van der Waals surface area (Å²) in [5.74, 6) is -1.82. The van der Waals surface area contributed by atoms with Crippen molar-refractivity contribution in [3.63, 3.8) is 0 Å². The largest absolute Gasteiger partial charge is 0.409 e.